The number of esters is 1. The molecule has 0 bridgehead atoms. The zero-order valence-corrected chi connectivity index (χ0v) is 17.4. The van der Waals surface area contributed by atoms with Crippen LogP contribution in [0.5, 0.6) is 0 Å². The van der Waals surface area contributed by atoms with Crippen LogP contribution in [-0.2, 0) is 9.53 Å². The number of carbonyl (C=O) groups is 2. The number of para-hydroxylation sites is 2. The summed E-state index contributed by atoms with van der Waals surface area (Å²) in [6.45, 7) is 3.78. The van der Waals surface area contributed by atoms with Gasteiger partial charge in [-0.1, -0.05) is 55.0 Å². The molecule has 2 N–H and O–H groups in total. The quantitative estimate of drug-likeness (QED) is 0.430. The molecular weight excluding hydrogens is 390 g/mol. The summed E-state index contributed by atoms with van der Waals surface area (Å²) >= 11 is 0. The molecule has 0 spiro atoms. The van der Waals surface area contributed by atoms with Gasteiger partial charge in [-0.2, -0.15) is 0 Å². The first kappa shape index (κ1) is 20.3. The molecule has 3 aromatic carbocycles. The molecular formula is C25H23N3O3. The lowest BCUT2D eigenvalue weighted by Crippen LogP contribution is -2.32. The number of fused-ring (bicyclic) bond motifs is 1. The third-order valence-electron chi connectivity index (χ3n) is 5.02. The van der Waals surface area contributed by atoms with Crippen molar-refractivity contribution in [3.63, 3.8) is 0 Å². The van der Waals surface area contributed by atoms with Crippen molar-refractivity contribution < 1.29 is 14.3 Å². The zero-order valence-electron chi connectivity index (χ0n) is 17.4. The van der Waals surface area contributed by atoms with Crippen molar-refractivity contribution in [1.29, 1.82) is 0 Å². The van der Waals surface area contributed by atoms with Crippen molar-refractivity contribution in [1.82, 2.24) is 9.97 Å². The number of nitrogens with zero attached hydrogens (tertiary/aromatic N) is 1. The largest absolute Gasteiger partial charge is 0.449 e. The first-order chi connectivity index (χ1) is 15.0. The van der Waals surface area contributed by atoms with Gasteiger partial charge in [0.05, 0.1) is 16.6 Å². The van der Waals surface area contributed by atoms with E-state index >= 15 is 0 Å². The molecule has 0 fully saturated rings. The second-order valence-corrected chi connectivity index (χ2v) is 7.31. The SMILES string of the molecule is CCC(OC(=O)c1ccccc1-c1nc2ccccc2[nH]1)C(=O)Nc1ccc(C)cc1. The molecule has 1 aromatic heterocycles. The number of benzene rings is 3. The van der Waals surface area contributed by atoms with E-state index in [0.717, 1.165) is 16.6 Å². The Labute approximate surface area is 180 Å². The number of H-pyrrole nitrogens is 1. The minimum absolute atomic E-state index is 0.350. The van der Waals surface area contributed by atoms with E-state index in [2.05, 4.69) is 15.3 Å². The Morgan fingerprint density at radius 3 is 2.45 bits per heavy atom. The molecule has 4 rings (SSSR count). The second-order valence-electron chi connectivity index (χ2n) is 7.31. The Morgan fingerprint density at radius 1 is 1.00 bits per heavy atom. The van der Waals surface area contributed by atoms with Crippen LogP contribution in [0.25, 0.3) is 22.4 Å². The molecule has 0 aliphatic rings. The Kier molecular flexibility index (Phi) is 5.80. The van der Waals surface area contributed by atoms with Crippen molar-refractivity contribution in [3.05, 3.63) is 83.9 Å². The average Bonchev–Trinajstić information content (AvgIpc) is 3.23. The molecule has 156 valence electrons. The summed E-state index contributed by atoms with van der Waals surface area (Å²) in [5.74, 6) is -0.353. The first-order valence-electron chi connectivity index (χ1n) is 10.2. The summed E-state index contributed by atoms with van der Waals surface area (Å²) in [5.41, 5.74) is 4.42. The summed E-state index contributed by atoms with van der Waals surface area (Å²) in [6, 6.07) is 22.2. The highest BCUT2D eigenvalue weighted by molar-refractivity contribution is 6.00. The van der Waals surface area contributed by atoms with E-state index in [1.54, 1.807) is 19.1 Å². The fraction of sp³-hybridized carbons (Fsp3) is 0.160. The van der Waals surface area contributed by atoms with Gasteiger partial charge in [0.15, 0.2) is 6.10 Å². The molecule has 6 heteroatoms. The molecule has 0 aliphatic carbocycles. The molecule has 0 radical (unpaired) electrons. The number of hydrogen-bond donors (Lipinski definition) is 2. The highest BCUT2D eigenvalue weighted by Crippen LogP contribution is 2.25. The standard InChI is InChI=1S/C25H23N3O3/c1-3-22(24(29)26-17-14-12-16(2)13-15-17)31-25(30)19-9-5-4-8-18(19)23-27-20-10-6-7-11-21(20)28-23/h4-15,22H,3H2,1-2H3,(H,26,29)(H,27,28). The average molecular weight is 413 g/mol. The Bertz CT molecular complexity index is 1200. The fourth-order valence-corrected chi connectivity index (χ4v) is 3.32. The summed E-state index contributed by atoms with van der Waals surface area (Å²) in [7, 11) is 0. The summed E-state index contributed by atoms with van der Waals surface area (Å²) in [4.78, 5) is 33.5. The fourth-order valence-electron chi connectivity index (χ4n) is 3.32. The van der Waals surface area contributed by atoms with E-state index in [0.29, 0.717) is 29.1 Å². The Morgan fingerprint density at radius 2 is 1.71 bits per heavy atom. The van der Waals surface area contributed by atoms with Crippen LogP contribution in [0, 0.1) is 6.92 Å². The minimum Gasteiger partial charge on any atom is -0.449 e. The lowest BCUT2D eigenvalue weighted by atomic mass is 10.1. The van der Waals surface area contributed by atoms with Crippen LogP contribution in [0.15, 0.2) is 72.8 Å². The highest BCUT2D eigenvalue weighted by Gasteiger charge is 2.24. The maximum atomic E-state index is 13.0. The van der Waals surface area contributed by atoms with E-state index in [1.165, 1.54) is 0 Å². The van der Waals surface area contributed by atoms with Crippen molar-refractivity contribution in [2.24, 2.45) is 0 Å². The van der Waals surface area contributed by atoms with E-state index in [4.69, 9.17) is 4.74 Å². The van der Waals surface area contributed by atoms with Gasteiger partial charge in [-0.15, -0.1) is 0 Å². The Balaban J connectivity index is 1.55. The summed E-state index contributed by atoms with van der Waals surface area (Å²) in [5, 5.41) is 2.81. The van der Waals surface area contributed by atoms with Crippen LogP contribution >= 0.6 is 0 Å². The van der Waals surface area contributed by atoms with Gasteiger partial charge < -0.3 is 15.0 Å². The van der Waals surface area contributed by atoms with Gasteiger partial charge in [-0.05, 0) is 43.7 Å². The monoisotopic (exact) mass is 413 g/mol. The van der Waals surface area contributed by atoms with Crippen molar-refractivity contribution in [2.45, 2.75) is 26.4 Å². The van der Waals surface area contributed by atoms with E-state index < -0.39 is 12.1 Å². The second kappa shape index (κ2) is 8.83. The van der Waals surface area contributed by atoms with Crippen molar-refractivity contribution in [3.8, 4) is 11.4 Å². The number of rotatable bonds is 6. The predicted octanol–water partition coefficient (Wildman–Crippen LogP) is 5.11. The van der Waals surface area contributed by atoms with E-state index in [9.17, 15) is 9.59 Å². The lowest BCUT2D eigenvalue weighted by molar-refractivity contribution is -0.124. The van der Waals surface area contributed by atoms with Crippen LogP contribution in [-0.4, -0.2) is 27.9 Å². The third-order valence-corrected chi connectivity index (χ3v) is 5.02. The number of nitrogens with one attached hydrogen (secondary N) is 2. The van der Waals surface area contributed by atoms with Gasteiger partial charge in [-0.3, -0.25) is 4.79 Å². The van der Waals surface area contributed by atoms with Crippen molar-refractivity contribution >= 4 is 28.6 Å². The number of aryl methyl sites for hydroxylation is 1. The summed E-state index contributed by atoms with van der Waals surface area (Å²) in [6.07, 6.45) is -0.548. The number of aromatic nitrogens is 2. The number of carbonyl (C=O) groups excluding carboxylic acids is 2. The van der Waals surface area contributed by atoms with Crippen LogP contribution in [0.2, 0.25) is 0 Å². The van der Waals surface area contributed by atoms with Crippen molar-refractivity contribution in [2.75, 3.05) is 5.32 Å². The van der Waals surface area contributed by atoms with Gasteiger partial charge >= 0.3 is 5.97 Å². The minimum atomic E-state index is -0.905. The third kappa shape index (κ3) is 4.48. The van der Waals surface area contributed by atoms with Gasteiger partial charge in [-0.25, -0.2) is 9.78 Å². The van der Waals surface area contributed by atoms with Gasteiger partial charge in [0.2, 0.25) is 0 Å². The number of anilines is 1. The molecule has 1 heterocycles. The zero-order chi connectivity index (χ0) is 21.8. The molecule has 1 atom stereocenters. The maximum Gasteiger partial charge on any atom is 0.339 e. The van der Waals surface area contributed by atoms with Crippen LogP contribution < -0.4 is 5.32 Å². The highest BCUT2D eigenvalue weighted by atomic mass is 16.5. The normalized spacial score (nSPS) is 11.8. The predicted molar refractivity (Wildman–Crippen MR) is 121 cm³/mol. The topological polar surface area (TPSA) is 84.1 Å². The number of hydrogen-bond acceptors (Lipinski definition) is 4. The van der Waals surface area contributed by atoms with Crippen LogP contribution in [0.4, 0.5) is 5.69 Å². The van der Waals surface area contributed by atoms with Gasteiger partial charge in [0.25, 0.3) is 5.91 Å². The molecule has 6 nitrogen and oxygen atoms in total. The van der Waals surface area contributed by atoms with E-state index in [-0.39, 0.29) is 5.91 Å². The molecule has 0 saturated heterocycles. The molecule has 4 aromatic rings. The van der Waals surface area contributed by atoms with E-state index in [1.807, 2.05) is 67.6 Å². The van der Waals surface area contributed by atoms with Gasteiger partial charge in [0, 0.05) is 11.3 Å². The van der Waals surface area contributed by atoms with Crippen LogP contribution in [0.1, 0.15) is 29.3 Å². The molecule has 1 unspecified atom stereocenters. The number of amides is 1. The lowest BCUT2D eigenvalue weighted by Gasteiger charge is -2.17. The van der Waals surface area contributed by atoms with Crippen LogP contribution in [0.3, 0.4) is 0 Å². The smallest absolute Gasteiger partial charge is 0.339 e. The number of aromatic amines is 1. The number of ether oxygens (including phenoxy) is 1. The molecule has 0 saturated carbocycles. The molecule has 0 aliphatic heterocycles. The first-order valence-corrected chi connectivity index (χ1v) is 10.2. The number of imidazole rings is 1. The molecule has 31 heavy (non-hydrogen) atoms. The van der Waals surface area contributed by atoms with Gasteiger partial charge in [0.1, 0.15) is 5.82 Å². The summed E-state index contributed by atoms with van der Waals surface area (Å²) < 4.78 is 5.59. The Hall–Kier alpha value is -3.93. The molecule has 1 amide bonds. The maximum absolute atomic E-state index is 13.0.